The predicted molar refractivity (Wildman–Crippen MR) is 127 cm³/mol. The molecule has 0 saturated heterocycles. The van der Waals surface area contributed by atoms with Gasteiger partial charge in [-0.05, 0) is 37.6 Å². The van der Waals surface area contributed by atoms with Gasteiger partial charge in [0.15, 0.2) is 0 Å². The summed E-state index contributed by atoms with van der Waals surface area (Å²) < 4.78 is 18.5. The number of carbonyl (C=O) groups is 2. The molecule has 3 atom stereocenters. The number of aryl methyl sites for hydroxylation is 1. The molecule has 3 rings (SSSR count). The number of ether oxygens (including phenoxy) is 3. The van der Waals surface area contributed by atoms with Crippen molar-refractivity contribution in [1.29, 1.82) is 0 Å². The molecule has 1 aliphatic heterocycles. The second-order valence-electron chi connectivity index (χ2n) is 8.90. The number of benzene rings is 1. The van der Waals surface area contributed by atoms with Gasteiger partial charge < -0.3 is 29.1 Å². The standard InChI is InChI=1S/C24H35N5O6/c1-17-12-29(18(2)15-30)23(31)6-5-11-28-13-19(25-26-28)16-34-22(17)14-27(3)24(32)35-21-9-7-20(33-4)8-10-21/h7-10,13,17-18,22,30H,5-6,11-12,14-16H2,1-4H3/t17-,18-,22+/m0/s1. The van der Waals surface area contributed by atoms with Gasteiger partial charge in [0.25, 0.3) is 0 Å². The number of fused-ring (bicyclic) bond motifs is 2. The first-order chi connectivity index (χ1) is 16.8. The van der Waals surface area contributed by atoms with Crippen LogP contribution < -0.4 is 9.47 Å². The Bertz CT molecular complexity index is 966. The largest absolute Gasteiger partial charge is 0.497 e. The third kappa shape index (κ3) is 7.40. The molecular formula is C24H35N5O6. The highest BCUT2D eigenvalue weighted by Gasteiger charge is 2.29. The molecule has 0 unspecified atom stereocenters. The number of aromatic nitrogens is 3. The smallest absolute Gasteiger partial charge is 0.415 e. The van der Waals surface area contributed by atoms with Crippen LogP contribution in [0.25, 0.3) is 0 Å². The first-order valence-electron chi connectivity index (χ1n) is 11.8. The molecule has 1 aliphatic rings. The lowest BCUT2D eigenvalue weighted by atomic mass is 10.0. The van der Waals surface area contributed by atoms with E-state index >= 15 is 0 Å². The summed E-state index contributed by atoms with van der Waals surface area (Å²) >= 11 is 0. The summed E-state index contributed by atoms with van der Waals surface area (Å²) in [5, 5.41) is 18.0. The van der Waals surface area contributed by atoms with Gasteiger partial charge in [0, 0.05) is 32.5 Å². The van der Waals surface area contributed by atoms with Crippen molar-refractivity contribution in [3.05, 3.63) is 36.2 Å². The molecule has 35 heavy (non-hydrogen) atoms. The van der Waals surface area contributed by atoms with E-state index < -0.39 is 12.2 Å². The minimum Gasteiger partial charge on any atom is -0.497 e. The fourth-order valence-electron chi connectivity index (χ4n) is 3.86. The number of aliphatic hydroxyl groups excluding tert-OH is 1. The number of likely N-dealkylation sites (N-methyl/N-ethyl adjacent to an activating group) is 1. The Labute approximate surface area is 205 Å². The fraction of sp³-hybridized carbons (Fsp3) is 0.583. The number of methoxy groups -OCH3 is 1. The molecule has 1 aromatic heterocycles. The summed E-state index contributed by atoms with van der Waals surface area (Å²) in [6, 6.07) is 6.41. The molecule has 0 fully saturated rings. The number of amides is 2. The number of hydrogen-bond acceptors (Lipinski definition) is 8. The van der Waals surface area contributed by atoms with Crippen LogP contribution >= 0.6 is 0 Å². The zero-order valence-electron chi connectivity index (χ0n) is 20.8. The van der Waals surface area contributed by atoms with Crippen LogP contribution in [0, 0.1) is 5.92 Å². The van der Waals surface area contributed by atoms with E-state index in [1.165, 1.54) is 4.90 Å². The molecule has 1 aromatic carbocycles. The van der Waals surface area contributed by atoms with E-state index in [2.05, 4.69) is 10.3 Å². The molecule has 0 spiro atoms. The van der Waals surface area contributed by atoms with Crippen LogP contribution in [0.1, 0.15) is 32.4 Å². The van der Waals surface area contributed by atoms with Gasteiger partial charge in [-0.15, -0.1) is 5.10 Å². The van der Waals surface area contributed by atoms with Crippen molar-refractivity contribution < 1.29 is 28.9 Å². The van der Waals surface area contributed by atoms with Crippen LogP contribution in [0.4, 0.5) is 4.79 Å². The molecule has 11 nitrogen and oxygen atoms in total. The van der Waals surface area contributed by atoms with Crippen molar-refractivity contribution in [2.75, 3.05) is 33.9 Å². The highest BCUT2D eigenvalue weighted by molar-refractivity contribution is 5.76. The Morgan fingerprint density at radius 2 is 2.03 bits per heavy atom. The summed E-state index contributed by atoms with van der Waals surface area (Å²) in [6.45, 7) is 5.06. The molecule has 2 heterocycles. The lowest BCUT2D eigenvalue weighted by Gasteiger charge is -2.35. The maximum Gasteiger partial charge on any atom is 0.415 e. The second kappa shape index (κ2) is 12.5. The van der Waals surface area contributed by atoms with Gasteiger partial charge >= 0.3 is 6.09 Å². The van der Waals surface area contributed by atoms with E-state index in [-0.39, 0.29) is 37.6 Å². The van der Waals surface area contributed by atoms with E-state index in [1.54, 1.807) is 54.2 Å². The van der Waals surface area contributed by atoms with Gasteiger partial charge in [0.2, 0.25) is 5.91 Å². The number of carbonyl (C=O) groups excluding carboxylic acids is 2. The van der Waals surface area contributed by atoms with Crippen LogP contribution in [-0.2, 0) is 22.7 Å². The van der Waals surface area contributed by atoms with Gasteiger partial charge in [-0.3, -0.25) is 9.48 Å². The first kappa shape index (κ1) is 26.4. The molecular weight excluding hydrogens is 454 g/mol. The van der Waals surface area contributed by atoms with Crippen LogP contribution in [0.3, 0.4) is 0 Å². The Morgan fingerprint density at radius 3 is 2.71 bits per heavy atom. The normalized spacial score (nSPS) is 20.3. The predicted octanol–water partition coefficient (Wildman–Crippen LogP) is 1.94. The minimum atomic E-state index is -0.531. The number of nitrogens with zero attached hydrogens (tertiary/aromatic N) is 5. The summed E-state index contributed by atoms with van der Waals surface area (Å²) in [7, 11) is 3.20. The zero-order valence-corrected chi connectivity index (χ0v) is 20.8. The molecule has 1 N–H and O–H groups in total. The monoisotopic (exact) mass is 489 g/mol. The van der Waals surface area contributed by atoms with Gasteiger partial charge in [0.05, 0.1) is 45.2 Å². The second-order valence-corrected chi connectivity index (χ2v) is 8.90. The van der Waals surface area contributed by atoms with Crippen molar-refractivity contribution in [3.63, 3.8) is 0 Å². The summed E-state index contributed by atoms with van der Waals surface area (Å²) in [5.74, 6) is 0.887. The van der Waals surface area contributed by atoms with E-state index in [9.17, 15) is 14.7 Å². The minimum absolute atomic E-state index is 0.0380. The van der Waals surface area contributed by atoms with E-state index in [1.807, 2.05) is 13.8 Å². The molecule has 2 aromatic rings. The van der Waals surface area contributed by atoms with Crippen molar-refractivity contribution in [2.24, 2.45) is 5.92 Å². The van der Waals surface area contributed by atoms with E-state index in [0.717, 1.165) is 0 Å². The topological polar surface area (TPSA) is 119 Å². The van der Waals surface area contributed by atoms with E-state index in [0.29, 0.717) is 43.1 Å². The number of aliphatic hydroxyl groups is 1. The van der Waals surface area contributed by atoms with Gasteiger partial charge in [-0.2, -0.15) is 0 Å². The van der Waals surface area contributed by atoms with Crippen molar-refractivity contribution in [1.82, 2.24) is 24.8 Å². The summed E-state index contributed by atoms with van der Waals surface area (Å²) in [6.07, 6.45) is 1.81. The molecule has 2 amide bonds. The average Bonchev–Trinajstić information content (AvgIpc) is 3.31. The van der Waals surface area contributed by atoms with Crippen molar-refractivity contribution in [3.8, 4) is 11.5 Å². The van der Waals surface area contributed by atoms with Crippen LogP contribution in [0.15, 0.2) is 30.5 Å². The number of rotatable bonds is 6. The van der Waals surface area contributed by atoms with Crippen LogP contribution in [0.5, 0.6) is 11.5 Å². The summed E-state index contributed by atoms with van der Waals surface area (Å²) in [4.78, 5) is 28.8. The lowest BCUT2D eigenvalue weighted by molar-refractivity contribution is -0.136. The molecule has 2 bridgehead atoms. The highest BCUT2D eigenvalue weighted by atomic mass is 16.6. The fourth-order valence-corrected chi connectivity index (χ4v) is 3.86. The zero-order chi connectivity index (χ0) is 25.4. The lowest BCUT2D eigenvalue weighted by Crippen LogP contribution is -2.48. The quantitative estimate of drug-likeness (QED) is 0.654. The Hall–Kier alpha value is -3.18. The SMILES string of the molecule is COc1ccc(OC(=O)N(C)C[C@H]2OCc3cn(nn3)CCCC(=O)N([C@@H](C)CO)C[C@@H]2C)cc1. The van der Waals surface area contributed by atoms with Crippen LogP contribution in [-0.4, -0.2) is 87.9 Å². The van der Waals surface area contributed by atoms with Crippen LogP contribution in [0.2, 0.25) is 0 Å². The molecule has 0 radical (unpaired) electrons. The highest BCUT2D eigenvalue weighted by Crippen LogP contribution is 2.20. The Morgan fingerprint density at radius 1 is 1.31 bits per heavy atom. The van der Waals surface area contributed by atoms with Crippen molar-refractivity contribution >= 4 is 12.0 Å². The van der Waals surface area contributed by atoms with Crippen molar-refractivity contribution in [2.45, 2.75) is 52.0 Å². The molecule has 0 saturated carbocycles. The third-order valence-electron chi connectivity index (χ3n) is 6.08. The number of hydrogen-bond donors (Lipinski definition) is 1. The maximum absolute atomic E-state index is 12.9. The van der Waals surface area contributed by atoms with Gasteiger partial charge in [-0.1, -0.05) is 12.1 Å². The molecule has 0 aliphatic carbocycles. The third-order valence-corrected chi connectivity index (χ3v) is 6.08. The van der Waals surface area contributed by atoms with E-state index in [4.69, 9.17) is 14.2 Å². The average molecular weight is 490 g/mol. The molecule has 11 heteroatoms. The Kier molecular flexibility index (Phi) is 9.44. The summed E-state index contributed by atoms with van der Waals surface area (Å²) in [5.41, 5.74) is 0.678. The molecule has 192 valence electrons. The van der Waals surface area contributed by atoms with Gasteiger partial charge in [0.1, 0.15) is 17.2 Å². The van der Waals surface area contributed by atoms with Gasteiger partial charge in [-0.25, -0.2) is 4.79 Å². The maximum atomic E-state index is 12.9. The Balaban J connectivity index is 1.73. The first-order valence-corrected chi connectivity index (χ1v) is 11.8.